The molecule has 2 rings (SSSR count). The third-order valence-corrected chi connectivity index (χ3v) is 3.40. The normalized spacial score (nSPS) is 10.4. The SMILES string of the molecule is CCNc1nc(-c2cc(Cl)ccc2Cl)cs1. The molecule has 0 aliphatic rings. The lowest BCUT2D eigenvalue weighted by atomic mass is 10.2. The molecule has 0 fully saturated rings. The molecular weight excluding hydrogens is 263 g/mol. The lowest BCUT2D eigenvalue weighted by Gasteiger charge is -2.01. The monoisotopic (exact) mass is 272 g/mol. The van der Waals surface area contributed by atoms with Crippen molar-refractivity contribution in [3.05, 3.63) is 33.6 Å². The van der Waals surface area contributed by atoms with Gasteiger partial charge in [0.15, 0.2) is 5.13 Å². The van der Waals surface area contributed by atoms with Crippen LogP contribution in [0.1, 0.15) is 6.92 Å². The zero-order valence-electron chi connectivity index (χ0n) is 8.63. The Bertz CT molecular complexity index is 496. The maximum Gasteiger partial charge on any atom is 0.183 e. The van der Waals surface area contributed by atoms with E-state index in [1.807, 2.05) is 18.4 Å². The standard InChI is InChI=1S/C11H10Cl2N2S/c1-2-14-11-15-10(6-16-11)8-5-7(12)3-4-9(8)13/h3-6H,2H2,1H3,(H,14,15). The molecule has 0 unspecified atom stereocenters. The topological polar surface area (TPSA) is 24.9 Å². The molecule has 16 heavy (non-hydrogen) atoms. The number of hydrogen-bond acceptors (Lipinski definition) is 3. The van der Waals surface area contributed by atoms with Crippen LogP contribution in [0.5, 0.6) is 0 Å². The van der Waals surface area contributed by atoms with Gasteiger partial charge in [0.05, 0.1) is 10.7 Å². The highest BCUT2D eigenvalue weighted by atomic mass is 35.5. The highest BCUT2D eigenvalue weighted by molar-refractivity contribution is 7.14. The van der Waals surface area contributed by atoms with Crippen molar-refractivity contribution in [2.45, 2.75) is 6.92 Å². The number of anilines is 1. The van der Waals surface area contributed by atoms with Crippen molar-refractivity contribution >= 4 is 39.7 Å². The summed E-state index contributed by atoms with van der Waals surface area (Å²) in [4.78, 5) is 4.44. The fraction of sp³-hybridized carbons (Fsp3) is 0.182. The van der Waals surface area contributed by atoms with E-state index in [2.05, 4.69) is 10.3 Å². The van der Waals surface area contributed by atoms with Crippen LogP contribution in [-0.2, 0) is 0 Å². The summed E-state index contributed by atoms with van der Waals surface area (Å²) in [6.07, 6.45) is 0. The molecular formula is C11H10Cl2N2S. The molecule has 1 N–H and O–H groups in total. The number of benzene rings is 1. The Morgan fingerprint density at radius 3 is 2.94 bits per heavy atom. The molecule has 0 aliphatic carbocycles. The first-order valence-corrected chi connectivity index (χ1v) is 6.49. The summed E-state index contributed by atoms with van der Waals surface area (Å²) in [5.41, 5.74) is 1.73. The number of nitrogens with one attached hydrogen (secondary N) is 1. The molecule has 0 amide bonds. The summed E-state index contributed by atoms with van der Waals surface area (Å²) in [6, 6.07) is 5.38. The highest BCUT2D eigenvalue weighted by Gasteiger charge is 2.08. The minimum absolute atomic E-state index is 0.664. The van der Waals surface area contributed by atoms with Gasteiger partial charge in [-0.3, -0.25) is 0 Å². The zero-order valence-corrected chi connectivity index (χ0v) is 11.0. The van der Waals surface area contributed by atoms with Gasteiger partial charge < -0.3 is 5.32 Å². The molecule has 5 heteroatoms. The molecule has 2 nitrogen and oxygen atoms in total. The van der Waals surface area contributed by atoms with E-state index in [-0.39, 0.29) is 0 Å². The molecule has 0 radical (unpaired) electrons. The summed E-state index contributed by atoms with van der Waals surface area (Å²) < 4.78 is 0. The summed E-state index contributed by atoms with van der Waals surface area (Å²) in [5, 5.41) is 7.36. The van der Waals surface area contributed by atoms with Crippen LogP contribution in [0.2, 0.25) is 10.0 Å². The summed E-state index contributed by atoms with van der Waals surface area (Å²) in [6.45, 7) is 2.89. The predicted octanol–water partition coefficient (Wildman–Crippen LogP) is 4.55. The Morgan fingerprint density at radius 2 is 2.19 bits per heavy atom. The van der Waals surface area contributed by atoms with Crippen molar-refractivity contribution in [2.24, 2.45) is 0 Å². The first-order valence-electron chi connectivity index (χ1n) is 4.85. The van der Waals surface area contributed by atoms with Gasteiger partial charge in [0.1, 0.15) is 0 Å². The smallest absolute Gasteiger partial charge is 0.183 e. The van der Waals surface area contributed by atoms with Gasteiger partial charge in [-0.25, -0.2) is 4.98 Å². The van der Waals surface area contributed by atoms with Crippen molar-refractivity contribution in [1.29, 1.82) is 0 Å². The third-order valence-electron chi connectivity index (χ3n) is 2.04. The molecule has 84 valence electrons. The summed E-state index contributed by atoms with van der Waals surface area (Å²) in [5.74, 6) is 0. The van der Waals surface area contributed by atoms with E-state index in [9.17, 15) is 0 Å². The lowest BCUT2D eigenvalue weighted by molar-refractivity contribution is 1.19. The van der Waals surface area contributed by atoms with Gasteiger partial charge >= 0.3 is 0 Å². The fourth-order valence-corrected chi connectivity index (χ4v) is 2.49. The minimum Gasteiger partial charge on any atom is -0.362 e. The van der Waals surface area contributed by atoms with Gasteiger partial charge in [-0.15, -0.1) is 11.3 Å². The summed E-state index contributed by atoms with van der Waals surface area (Å²) in [7, 11) is 0. The third kappa shape index (κ3) is 2.48. The highest BCUT2D eigenvalue weighted by Crippen LogP contribution is 2.32. The van der Waals surface area contributed by atoms with E-state index in [1.165, 1.54) is 0 Å². The number of rotatable bonds is 3. The van der Waals surface area contributed by atoms with Crippen molar-refractivity contribution in [3.8, 4) is 11.3 Å². The van der Waals surface area contributed by atoms with E-state index < -0.39 is 0 Å². The first-order chi connectivity index (χ1) is 7.70. The molecule has 0 aliphatic heterocycles. The Balaban J connectivity index is 2.38. The predicted molar refractivity (Wildman–Crippen MR) is 71.7 cm³/mol. The second kappa shape index (κ2) is 5.04. The van der Waals surface area contributed by atoms with Crippen molar-refractivity contribution in [3.63, 3.8) is 0 Å². The molecule has 0 saturated heterocycles. The number of nitrogens with zero attached hydrogens (tertiary/aromatic N) is 1. The second-order valence-electron chi connectivity index (χ2n) is 3.19. The van der Waals surface area contributed by atoms with Crippen LogP contribution >= 0.6 is 34.5 Å². The fourth-order valence-electron chi connectivity index (χ4n) is 1.32. The minimum atomic E-state index is 0.664. The Morgan fingerprint density at radius 1 is 1.38 bits per heavy atom. The Hall–Kier alpha value is -0.770. The molecule has 1 heterocycles. The number of halogens is 2. The van der Waals surface area contributed by atoms with Gasteiger partial charge in [0, 0.05) is 22.5 Å². The van der Waals surface area contributed by atoms with Crippen LogP contribution in [0.25, 0.3) is 11.3 Å². The van der Waals surface area contributed by atoms with Crippen LogP contribution in [0.15, 0.2) is 23.6 Å². The average Bonchev–Trinajstić information content (AvgIpc) is 2.71. The quantitative estimate of drug-likeness (QED) is 0.887. The molecule has 0 spiro atoms. The maximum absolute atomic E-state index is 6.10. The van der Waals surface area contributed by atoms with E-state index in [1.54, 1.807) is 23.5 Å². The van der Waals surface area contributed by atoms with Crippen LogP contribution in [0.3, 0.4) is 0 Å². The van der Waals surface area contributed by atoms with Crippen molar-refractivity contribution in [2.75, 3.05) is 11.9 Å². The first kappa shape index (κ1) is 11.7. The average molecular weight is 273 g/mol. The molecule has 2 aromatic rings. The van der Waals surface area contributed by atoms with Gasteiger partial charge in [-0.1, -0.05) is 23.2 Å². The lowest BCUT2D eigenvalue weighted by Crippen LogP contribution is -1.95. The largest absolute Gasteiger partial charge is 0.362 e. The Kier molecular flexibility index (Phi) is 3.69. The Labute approximate surface area is 108 Å². The van der Waals surface area contributed by atoms with Gasteiger partial charge in [0.25, 0.3) is 0 Å². The number of aromatic nitrogens is 1. The summed E-state index contributed by atoms with van der Waals surface area (Å²) >= 11 is 13.6. The molecule has 0 saturated carbocycles. The number of hydrogen-bond donors (Lipinski definition) is 1. The molecule has 0 bridgehead atoms. The maximum atomic E-state index is 6.10. The van der Waals surface area contributed by atoms with E-state index in [0.29, 0.717) is 10.0 Å². The van der Waals surface area contributed by atoms with E-state index >= 15 is 0 Å². The zero-order chi connectivity index (χ0) is 11.5. The van der Waals surface area contributed by atoms with E-state index in [0.717, 1.165) is 22.9 Å². The van der Waals surface area contributed by atoms with Gasteiger partial charge in [-0.05, 0) is 25.1 Å². The van der Waals surface area contributed by atoms with Crippen LogP contribution in [0.4, 0.5) is 5.13 Å². The van der Waals surface area contributed by atoms with Gasteiger partial charge in [-0.2, -0.15) is 0 Å². The van der Waals surface area contributed by atoms with Gasteiger partial charge in [0.2, 0.25) is 0 Å². The molecule has 1 aromatic heterocycles. The molecule has 0 atom stereocenters. The molecule has 1 aromatic carbocycles. The second-order valence-corrected chi connectivity index (χ2v) is 4.89. The van der Waals surface area contributed by atoms with Crippen LogP contribution < -0.4 is 5.32 Å². The van der Waals surface area contributed by atoms with Crippen LogP contribution in [0, 0.1) is 0 Å². The van der Waals surface area contributed by atoms with E-state index in [4.69, 9.17) is 23.2 Å². The van der Waals surface area contributed by atoms with Crippen molar-refractivity contribution in [1.82, 2.24) is 4.98 Å². The van der Waals surface area contributed by atoms with Crippen LogP contribution in [-0.4, -0.2) is 11.5 Å². The van der Waals surface area contributed by atoms with Crippen molar-refractivity contribution < 1.29 is 0 Å². The number of thiazole rings is 1.